The minimum absolute atomic E-state index is 0.131. The van der Waals surface area contributed by atoms with Crippen molar-refractivity contribution in [1.29, 1.82) is 0 Å². The first-order valence-corrected chi connectivity index (χ1v) is 18.9. The lowest BCUT2D eigenvalue weighted by Crippen LogP contribution is -2.58. The quantitative estimate of drug-likeness (QED) is 0.152. The Morgan fingerprint density at radius 2 is 1.10 bits per heavy atom. The van der Waals surface area contributed by atoms with Gasteiger partial charge in [0.25, 0.3) is 0 Å². The van der Waals surface area contributed by atoms with E-state index in [-0.39, 0.29) is 18.3 Å². The first-order chi connectivity index (χ1) is 24.6. The average molecular weight is 704 g/mol. The van der Waals surface area contributed by atoms with E-state index in [0.29, 0.717) is 6.42 Å². The van der Waals surface area contributed by atoms with Crippen LogP contribution in [-0.2, 0) is 6.42 Å². The summed E-state index contributed by atoms with van der Waals surface area (Å²) < 4.78 is 30.3. The zero-order chi connectivity index (χ0) is 33.6. The molecule has 50 heavy (non-hydrogen) atoms. The Kier molecular flexibility index (Phi) is 8.28. The maximum atomic E-state index is 15.1. The van der Waals surface area contributed by atoms with Crippen LogP contribution in [0.15, 0.2) is 187 Å². The number of benzene rings is 7. The lowest BCUT2D eigenvalue weighted by molar-refractivity contribution is 0.624. The molecule has 0 radical (unpaired) electrons. The summed E-state index contributed by atoms with van der Waals surface area (Å²) in [5.41, 5.74) is 8.52. The number of halogens is 2. The van der Waals surface area contributed by atoms with E-state index >= 15 is 8.78 Å². The number of hydrogen-bond donors (Lipinski definition) is 0. The van der Waals surface area contributed by atoms with Gasteiger partial charge < -0.3 is 4.90 Å². The van der Waals surface area contributed by atoms with Gasteiger partial charge in [-0.3, -0.25) is 0 Å². The monoisotopic (exact) mass is 703 g/mol. The summed E-state index contributed by atoms with van der Waals surface area (Å²) in [6, 6.07) is 52.2. The molecule has 7 aromatic carbocycles. The average Bonchev–Trinajstić information content (AvgIpc) is 3.14. The molecule has 0 bridgehead atoms. The molecule has 0 spiro atoms. The number of fused-ring (bicyclic) bond motifs is 4. The van der Waals surface area contributed by atoms with E-state index < -0.39 is 0 Å². The van der Waals surface area contributed by atoms with Gasteiger partial charge in [-0.2, -0.15) is 0 Å². The van der Waals surface area contributed by atoms with Crippen molar-refractivity contribution >= 4 is 75.4 Å². The van der Waals surface area contributed by atoms with Crippen molar-refractivity contribution in [2.75, 3.05) is 4.90 Å². The molecule has 0 saturated heterocycles. The number of rotatable bonds is 7. The number of anilines is 3. The summed E-state index contributed by atoms with van der Waals surface area (Å²) in [6.45, 7) is 0.131. The van der Waals surface area contributed by atoms with Gasteiger partial charge in [0.15, 0.2) is 0 Å². The Labute approximate surface area is 303 Å². The lowest BCUT2D eigenvalue weighted by atomic mass is 9.36. The van der Waals surface area contributed by atoms with Gasteiger partial charge in [-0.25, -0.2) is 8.78 Å². The molecule has 0 aromatic heterocycles. The van der Waals surface area contributed by atoms with Crippen LogP contribution < -0.4 is 21.3 Å². The molecule has 9 rings (SSSR count). The molecular weight excluding hydrogens is 675 g/mol. The van der Waals surface area contributed by atoms with Crippen LogP contribution in [0.4, 0.5) is 25.8 Å². The molecule has 0 unspecified atom stereocenters. The van der Waals surface area contributed by atoms with Crippen molar-refractivity contribution in [3.63, 3.8) is 0 Å². The number of nitrogens with zero attached hydrogens (tertiary/aromatic N) is 1. The molecule has 0 N–H and O–H groups in total. The van der Waals surface area contributed by atoms with Crippen molar-refractivity contribution in [3.8, 4) is 0 Å². The molecule has 2 heterocycles. The van der Waals surface area contributed by atoms with Gasteiger partial charge in [0.05, 0.1) is 5.69 Å². The topological polar surface area (TPSA) is 3.24 Å². The summed E-state index contributed by atoms with van der Waals surface area (Å²) in [5.74, 6) is -0.598. The highest BCUT2D eigenvalue weighted by atomic mass is 32.2. The Morgan fingerprint density at radius 3 is 1.76 bits per heavy atom. The maximum Gasteiger partial charge on any atom is 0.247 e. The van der Waals surface area contributed by atoms with Crippen LogP contribution in [0, 0.1) is 11.6 Å². The van der Waals surface area contributed by atoms with Gasteiger partial charge in [0.2, 0.25) is 6.71 Å². The predicted octanol–water partition coefficient (Wildman–Crippen LogP) is 10.6. The molecule has 0 saturated carbocycles. The van der Waals surface area contributed by atoms with Crippen molar-refractivity contribution in [2.45, 2.75) is 35.8 Å². The van der Waals surface area contributed by atoms with Crippen molar-refractivity contribution in [1.82, 2.24) is 0 Å². The summed E-state index contributed by atoms with van der Waals surface area (Å²) in [6.07, 6.45) is 0.539. The third-order valence-electron chi connectivity index (χ3n) is 9.19. The molecular formula is C43H28BF2NS3. The van der Waals surface area contributed by atoms with Crippen LogP contribution in [0.3, 0.4) is 0 Å². The summed E-state index contributed by atoms with van der Waals surface area (Å²) in [4.78, 5) is 8.86. The highest BCUT2D eigenvalue weighted by Crippen LogP contribution is 2.48. The van der Waals surface area contributed by atoms with Gasteiger partial charge in [-0.1, -0.05) is 131 Å². The maximum absolute atomic E-state index is 15.1. The largest absolute Gasteiger partial charge is 0.309 e. The van der Waals surface area contributed by atoms with E-state index in [1.54, 1.807) is 35.7 Å². The predicted molar refractivity (Wildman–Crippen MR) is 207 cm³/mol. The second kappa shape index (κ2) is 13.2. The van der Waals surface area contributed by atoms with E-state index in [4.69, 9.17) is 0 Å². The van der Waals surface area contributed by atoms with Crippen LogP contribution in [0.1, 0.15) is 11.1 Å². The molecule has 240 valence electrons. The fourth-order valence-electron chi connectivity index (χ4n) is 7.02. The Morgan fingerprint density at radius 1 is 0.540 bits per heavy atom. The van der Waals surface area contributed by atoms with Gasteiger partial charge in [0.1, 0.15) is 11.6 Å². The van der Waals surface area contributed by atoms with Crippen molar-refractivity contribution < 1.29 is 8.78 Å². The van der Waals surface area contributed by atoms with E-state index in [1.807, 2.05) is 60.7 Å². The molecule has 7 aromatic rings. The third kappa shape index (κ3) is 5.83. The summed E-state index contributed by atoms with van der Waals surface area (Å²) in [7, 11) is 0. The molecule has 1 nitrogen and oxygen atoms in total. The van der Waals surface area contributed by atoms with Crippen LogP contribution in [0.25, 0.3) is 0 Å². The Bertz CT molecular complexity index is 2220. The smallest absolute Gasteiger partial charge is 0.247 e. The minimum atomic E-state index is -0.307. The minimum Gasteiger partial charge on any atom is -0.309 e. The third-order valence-corrected chi connectivity index (χ3v) is 12.5. The van der Waals surface area contributed by atoms with Gasteiger partial charge in [0, 0.05) is 40.7 Å². The standard InChI is InChI=1S/C43H28BF2NS3/c45-30-19-21-36(29(24-30)23-28-11-3-1-4-12-28)47(37-22-20-31(46)25-40(37)48-33-13-5-2-6-14-33)32-26-41-43-42(27-32)50-39-18-10-8-16-35(39)44(43)34-15-7-9-17-38(34)49-41/h1-22,24-27H,23H2. The highest BCUT2D eigenvalue weighted by Gasteiger charge is 2.38. The Balaban J connectivity index is 1.28. The zero-order valence-electron chi connectivity index (χ0n) is 26.7. The summed E-state index contributed by atoms with van der Waals surface area (Å²) in [5, 5.41) is 0. The van der Waals surface area contributed by atoms with E-state index in [1.165, 1.54) is 59.9 Å². The van der Waals surface area contributed by atoms with Crippen molar-refractivity contribution in [2.24, 2.45) is 0 Å². The van der Waals surface area contributed by atoms with Crippen LogP contribution >= 0.6 is 35.3 Å². The van der Waals surface area contributed by atoms with Gasteiger partial charge in [-0.05, 0) is 95.8 Å². The van der Waals surface area contributed by atoms with Gasteiger partial charge in [-0.15, -0.1) is 0 Å². The van der Waals surface area contributed by atoms with Crippen LogP contribution in [-0.4, -0.2) is 6.71 Å². The fourth-order valence-corrected chi connectivity index (χ4v) is 10.5. The first-order valence-electron chi connectivity index (χ1n) is 16.5. The van der Waals surface area contributed by atoms with E-state index in [2.05, 4.69) is 77.7 Å². The molecule has 0 aliphatic carbocycles. The molecule has 7 heteroatoms. The van der Waals surface area contributed by atoms with E-state index in [9.17, 15) is 0 Å². The second-order valence-electron chi connectivity index (χ2n) is 12.4. The lowest BCUT2D eigenvalue weighted by Gasteiger charge is -2.35. The summed E-state index contributed by atoms with van der Waals surface area (Å²) >= 11 is 5.12. The molecule has 0 atom stereocenters. The molecule has 2 aliphatic rings. The van der Waals surface area contributed by atoms with Crippen molar-refractivity contribution in [3.05, 3.63) is 180 Å². The number of hydrogen-bond acceptors (Lipinski definition) is 4. The molecule has 0 amide bonds. The molecule has 0 fully saturated rings. The first kappa shape index (κ1) is 31.3. The van der Waals surface area contributed by atoms with Gasteiger partial charge >= 0.3 is 0 Å². The molecule has 2 aliphatic heterocycles. The highest BCUT2D eigenvalue weighted by molar-refractivity contribution is 8.01. The van der Waals surface area contributed by atoms with Crippen LogP contribution in [0.5, 0.6) is 0 Å². The second-order valence-corrected chi connectivity index (χ2v) is 15.6. The fraction of sp³-hybridized carbons (Fsp3) is 0.0233. The van der Waals surface area contributed by atoms with E-state index in [0.717, 1.165) is 38.0 Å². The zero-order valence-corrected chi connectivity index (χ0v) is 29.2. The Hall–Kier alpha value is -4.69. The SMILES string of the molecule is Fc1ccc(N(c2cc3c4c(c2)Sc2ccccc2B4c2ccccc2S3)c2ccc(F)cc2Sc2ccccc2)c(Cc2ccccc2)c1. The van der Waals surface area contributed by atoms with Crippen LogP contribution in [0.2, 0.25) is 0 Å². The normalized spacial score (nSPS) is 12.6.